The summed E-state index contributed by atoms with van der Waals surface area (Å²) in [7, 11) is 0. The third kappa shape index (κ3) is 4.68. The van der Waals surface area contributed by atoms with Crippen molar-refractivity contribution in [3.63, 3.8) is 0 Å². The molecule has 5 heteroatoms. The standard InChI is InChI=1S/C11H22N2O2.ClH/c1-3-10(12)11(14)13-8(2)9-4-6-15-7-5-9;/h8-10H,3-7,12H2,1-2H3,(H,13,14);1H/t8?,10-;/m0./s1. The number of ether oxygens (including phenoxy) is 1. The van der Waals surface area contributed by atoms with Gasteiger partial charge in [0.2, 0.25) is 5.91 Å². The van der Waals surface area contributed by atoms with Gasteiger partial charge in [-0.2, -0.15) is 0 Å². The fourth-order valence-electron chi connectivity index (χ4n) is 1.85. The van der Waals surface area contributed by atoms with Crippen molar-refractivity contribution >= 4 is 18.3 Å². The Morgan fingerprint density at radius 3 is 2.56 bits per heavy atom. The molecule has 0 aromatic heterocycles. The summed E-state index contributed by atoms with van der Waals surface area (Å²) < 4.78 is 5.29. The largest absolute Gasteiger partial charge is 0.381 e. The van der Waals surface area contributed by atoms with Crippen molar-refractivity contribution in [2.45, 2.75) is 45.2 Å². The first-order valence-corrected chi connectivity index (χ1v) is 5.78. The molecule has 1 saturated heterocycles. The molecule has 0 aromatic carbocycles. The first-order chi connectivity index (χ1) is 7.15. The summed E-state index contributed by atoms with van der Waals surface area (Å²) in [6.07, 6.45) is 2.75. The summed E-state index contributed by atoms with van der Waals surface area (Å²) in [6.45, 7) is 5.59. The van der Waals surface area contributed by atoms with E-state index in [1.54, 1.807) is 0 Å². The maximum Gasteiger partial charge on any atom is 0.237 e. The molecule has 3 N–H and O–H groups in total. The lowest BCUT2D eigenvalue weighted by Gasteiger charge is -2.29. The van der Waals surface area contributed by atoms with Crippen molar-refractivity contribution < 1.29 is 9.53 Å². The van der Waals surface area contributed by atoms with E-state index >= 15 is 0 Å². The van der Waals surface area contributed by atoms with Crippen LogP contribution in [0.2, 0.25) is 0 Å². The Hall–Kier alpha value is -0.320. The molecular formula is C11H23ClN2O2. The van der Waals surface area contributed by atoms with Crippen LogP contribution >= 0.6 is 12.4 Å². The molecule has 0 saturated carbocycles. The summed E-state index contributed by atoms with van der Waals surface area (Å²) in [4.78, 5) is 11.6. The Morgan fingerprint density at radius 2 is 2.06 bits per heavy atom. The lowest BCUT2D eigenvalue weighted by atomic mass is 9.93. The predicted molar refractivity (Wildman–Crippen MR) is 66.7 cm³/mol. The van der Waals surface area contributed by atoms with Crippen molar-refractivity contribution in [3.8, 4) is 0 Å². The van der Waals surface area contributed by atoms with Gasteiger partial charge in [-0.15, -0.1) is 12.4 Å². The van der Waals surface area contributed by atoms with E-state index in [2.05, 4.69) is 12.2 Å². The van der Waals surface area contributed by atoms with Gasteiger partial charge in [-0.25, -0.2) is 0 Å². The fourth-order valence-corrected chi connectivity index (χ4v) is 1.85. The zero-order valence-electron chi connectivity index (χ0n) is 10.1. The van der Waals surface area contributed by atoms with Crippen LogP contribution in [-0.2, 0) is 9.53 Å². The molecule has 1 fully saturated rings. The van der Waals surface area contributed by atoms with Crippen molar-refractivity contribution in [1.82, 2.24) is 5.32 Å². The Kier molecular flexibility index (Phi) is 7.72. The third-order valence-corrected chi connectivity index (χ3v) is 3.12. The second kappa shape index (κ2) is 7.87. The van der Waals surface area contributed by atoms with Gasteiger partial charge in [0.25, 0.3) is 0 Å². The molecule has 1 heterocycles. The van der Waals surface area contributed by atoms with Gasteiger partial charge in [0.1, 0.15) is 0 Å². The summed E-state index contributed by atoms with van der Waals surface area (Å²) in [5.41, 5.74) is 5.66. The van der Waals surface area contributed by atoms with Gasteiger partial charge in [-0.1, -0.05) is 6.92 Å². The van der Waals surface area contributed by atoms with Gasteiger partial charge < -0.3 is 15.8 Å². The summed E-state index contributed by atoms with van der Waals surface area (Å²) in [5, 5.41) is 2.98. The highest BCUT2D eigenvalue weighted by Gasteiger charge is 2.23. The average Bonchev–Trinajstić information content (AvgIpc) is 2.29. The Labute approximate surface area is 104 Å². The Morgan fingerprint density at radius 1 is 1.50 bits per heavy atom. The van der Waals surface area contributed by atoms with Crippen molar-refractivity contribution in [1.29, 1.82) is 0 Å². The highest BCUT2D eigenvalue weighted by atomic mass is 35.5. The predicted octanol–water partition coefficient (Wildman–Crippen LogP) is 1.08. The maximum atomic E-state index is 11.6. The first-order valence-electron chi connectivity index (χ1n) is 5.78. The minimum absolute atomic E-state index is 0. The minimum atomic E-state index is -0.368. The lowest BCUT2D eigenvalue weighted by Crippen LogP contribution is -2.47. The van der Waals surface area contributed by atoms with E-state index < -0.39 is 0 Å². The summed E-state index contributed by atoms with van der Waals surface area (Å²) in [5.74, 6) is 0.503. The number of carbonyl (C=O) groups is 1. The van der Waals surface area contributed by atoms with Crippen LogP contribution in [0.25, 0.3) is 0 Å². The number of carbonyl (C=O) groups excluding carboxylic acids is 1. The summed E-state index contributed by atoms with van der Waals surface area (Å²) >= 11 is 0. The first kappa shape index (κ1) is 15.7. The van der Waals surface area contributed by atoms with Crippen LogP contribution in [0.3, 0.4) is 0 Å². The molecule has 0 aromatic rings. The Bertz CT molecular complexity index is 208. The van der Waals surface area contributed by atoms with Crippen molar-refractivity contribution in [3.05, 3.63) is 0 Å². The van der Waals surface area contributed by atoms with Crippen LogP contribution in [0.1, 0.15) is 33.1 Å². The number of hydrogen-bond donors (Lipinski definition) is 2. The molecular weight excluding hydrogens is 228 g/mol. The Balaban J connectivity index is 0.00000225. The van der Waals surface area contributed by atoms with E-state index in [1.165, 1.54) is 0 Å². The van der Waals surface area contributed by atoms with Crippen molar-refractivity contribution in [2.24, 2.45) is 11.7 Å². The number of amides is 1. The molecule has 1 aliphatic rings. The maximum absolute atomic E-state index is 11.6. The minimum Gasteiger partial charge on any atom is -0.381 e. The van der Waals surface area contributed by atoms with Gasteiger partial charge in [0.05, 0.1) is 6.04 Å². The van der Waals surface area contributed by atoms with Crippen molar-refractivity contribution in [2.75, 3.05) is 13.2 Å². The lowest BCUT2D eigenvalue weighted by molar-refractivity contribution is -0.123. The molecule has 1 aliphatic heterocycles. The molecule has 1 unspecified atom stereocenters. The molecule has 16 heavy (non-hydrogen) atoms. The van der Waals surface area contributed by atoms with Crippen LogP contribution in [-0.4, -0.2) is 31.2 Å². The van der Waals surface area contributed by atoms with E-state index in [1.807, 2.05) is 6.92 Å². The quantitative estimate of drug-likeness (QED) is 0.785. The zero-order valence-corrected chi connectivity index (χ0v) is 10.9. The van der Waals surface area contributed by atoms with Crippen LogP contribution in [0.4, 0.5) is 0 Å². The monoisotopic (exact) mass is 250 g/mol. The number of hydrogen-bond acceptors (Lipinski definition) is 3. The summed E-state index contributed by atoms with van der Waals surface area (Å²) in [6, 6.07) is -0.161. The molecule has 0 spiro atoms. The molecule has 0 radical (unpaired) electrons. The number of nitrogens with two attached hydrogens (primary N) is 1. The molecule has 2 atom stereocenters. The van der Waals surface area contributed by atoms with Crippen LogP contribution in [0.5, 0.6) is 0 Å². The molecule has 96 valence electrons. The fraction of sp³-hybridized carbons (Fsp3) is 0.909. The normalized spacial score (nSPS) is 20.7. The second-order valence-corrected chi connectivity index (χ2v) is 4.26. The van der Waals surface area contributed by atoms with E-state index in [4.69, 9.17) is 10.5 Å². The van der Waals surface area contributed by atoms with Gasteiger partial charge in [-0.05, 0) is 32.1 Å². The molecule has 1 amide bonds. The topological polar surface area (TPSA) is 64.4 Å². The van der Waals surface area contributed by atoms with E-state index in [-0.39, 0.29) is 30.4 Å². The average molecular weight is 251 g/mol. The molecule has 0 aliphatic carbocycles. The molecule has 1 rings (SSSR count). The number of halogens is 1. The van der Waals surface area contributed by atoms with Gasteiger partial charge in [0.15, 0.2) is 0 Å². The number of nitrogens with one attached hydrogen (secondary N) is 1. The van der Waals surface area contributed by atoms with E-state index in [9.17, 15) is 4.79 Å². The SMILES string of the molecule is CC[C@H](N)C(=O)NC(C)C1CCOCC1.Cl. The molecule has 0 bridgehead atoms. The number of rotatable bonds is 4. The van der Waals surface area contributed by atoms with Crippen LogP contribution < -0.4 is 11.1 Å². The van der Waals surface area contributed by atoms with Gasteiger partial charge >= 0.3 is 0 Å². The molecule has 4 nitrogen and oxygen atoms in total. The zero-order chi connectivity index (χ0) is 11.3. The second-order valence-electron chi connectivity index (χ2n) is 4.26. The van der Waals surface area contributed by atoms with E-state index in [0.717, 1.165) is 26.1 Å². The highest BCUT2D eigenvalue weighted by molar-refractivity contribution is 5.85. The van der Waals surface area contributed by atoms with Gasteiger partial charge in [0, 0.05) is 19.3 Å². The third-order valence-electron chi connectivity index (χ3n) is 3.12. The van der Waals surface area contributed by atoms with Gasteiger partial charge in [-0.3, -0.25) is 4.79 Å². The van der Waals surface area contributed by atoms with E-state index in [0.29, 0.717) is 12.3 Å². The smallest absolute Gasteiger partial charge is 0.237 e. The highest BCUT2D eigenvalue weighted by Crippen LogP contribution is 2.18. The van der Waals surface area contributed by atoms with Crippen LogP contribution in [0, 0.1) is 5.92 Å². The van der Waals surface area contributed by atoms with Crippen LogP contribution in [0.15, 0.2) is 0 Å².